The molecule has 96 valence electrons. The number of thiophene rings is 1. The van der Waals surface area contributed by atoms with Gasteiger partial charge in [-0.2, -0.15) is 23.7 Å². The maximum absolute atomic E-state index is 12.2. The van der Waals surface area contributed by atoms with Crippen LogP contribution in [-0.2, 0) is 6.42 Å². The molecule has 0 aliphatic heterocycles. The van der Waals surface area contributed by atoms with Crippen LogP contribution in [0.15, 0.2) is 12.1 Å². The van der Waals surface area contributed by atoms with Crippen molar-refractivity contribution < 1.29 is 13.2 Å². The molecule has 0 saturated heterocycles. The number of nitriles is 2. The third kappa shape index (κ3) is 4.05. The molecule has 0 atom stereocenters. The molecule has 0 amide bonds. The first-order valence-corrected chi connectivity index (χ1v) is 6.06. The van der Waals surface area contributed by atoms with Crippen LogP contribution in [0.1, 0.15) is 22.6 Å². The summed E-state index contributed by atoms with van der Waals surface area (Å²) in [5, 5.41) is 18.0. The number of alkyl halides is 3. The van der Waals surface area contributed by atoms with Crippen LogP contribution in [0.3, 0.4) is 0 Å². The maximum Gasteiger partial charge on any atom is 0.389 e. The van der Waals surface area contributed by atoms with Gasteiger partial charge >= 0.3 is 6.18 Å². The van der Waals surface area contributed by atoms with Crippen molar-refractivity contribution in [2.24, 2.45) is 5.41 Å². The normalized spacial score (nSPS) is 11.9. The summed E-state index contributed by atoms with van der Waals surface area (Å²) < 4.78 is 36.6. The molecular formula is C12H11F3N2S. The number of halogens is 3. The lowest BCUT2D eigenvalue weighted by atomic mass is 9.82. The number of rotatable bonds is 4. The van der Waals surface area contributed by atoms with Crippen molar-refractivity contribution >= 4 is 11.3 Å². The monoisotopic (exact) mass is 272 g/mol. The van der Waals surface area contributed by atoms with Gasteiger partial charge in [-0.25, -0.2) is 0 Å². The number of aryl methyl sites for hydroxylation is 1. The van der Waals surface area contributed by atoms with E-state index >= 15 is 0 Å². The Morgan fingerprint density at radius 3 is 2.17 bits per heavy atom. The Morgan fingerprint density at radius 2 is 1.78 bits per heavy atom. The molecule has 1 heterocycles. The molecule has 18 heavy (non-hydrogen) atoms. The van der Waals surface area contributed by atoms with Crippen molar-refractivity contribution in [2.45, 2.75) is 32.4 Å². The third-order valence-electron chi connectivity index (χ3n) is 2.54. The molecule has 1 aromatic rings. The van der Waals surface area contributed by atoms with Crippen LogP contribution in [0.25, 0.3) is 0 Å². The van der Waals surface area contributed by atoms with Gasteiger partial charge in [0.15, 0.2) is 0 Å². The molecular weight excluding hydrogens is 261 g/mol. The topological polar surface area (TPSA) is 47.6 Å². The first-order valence-electron chi connectivity index (χ1n) is 5.25. The van der Waals surface area contributed by atoms with Gasteiger partial charge in [-0.3, -0.25) is 0 Å². The quantitative estimate of drug-likeness (QED) is 0.832. The molecule has 0 bridgehead atoms. The van der Waals surface area contributed by atoms with Crippen LogP contribution in [0, 0.1) is 35.0 Å². The smallest absolute Gasteiger partial charge is 0.197 e. The van der Waals surface area contributed by atoms with Gasteiger partial charge in [-0.15, -0.1) is 11.3 Å². The second-order valence-electron chi connectivity index (χ2n) is 4.11. The van der Waals surface area contributed by atoms with Crippen molar-refractivity contribution in [3.05, 3.63) is 21.9 Å². The minimum Gasteiger partial charge on any atom is -0.197 e. The molecule has 0 aliphatic carbocycles. The van der Waals surface area contributed by atoms with E-state index in [0.717, 1.165) is 9.75 Å². The first-order chi connectivity index (χ1) is 8.30. The van der Waals surface area contributed by atoms with E-state index in [4.69, 9.17) is 10.5 Å². The fourth-order valence-corrected chi connectivity index (χ4v) is 2.54. The van der Waals surface area contributed by atoms with E-state index < -0.39 is 24.4 Å². The summed E-state index contributed by atoms with van der Waals surface area (Å²) in [5.41, 5.74) is -1.59. The lowest BCUT2D eigenvalue weighted by Crippen LogP contribution is -2.22. The van der Waals surface area contributed by atoms with Crippen molar-refractivity contribution in [1.82, 2.24) is 0 Å². The number of hydrogen-bond donors (Lipinski definition) is 0. The SMILES string of the molecule is Cc1ccc(CC(C#N)(C#N)CCC(F)(F)F)s1. The predicted octanol–water partition coefficient (Wildman–Crippen LogP) is 3.98. The molecule has 0 aromatic carbocycles. The summed E-state index contributed by atoms with van der Waals surface area (Å²) in [6.45, 7) is 1.87. The average Bonchev–Trinajstić information content (AvgIpc) is 2.69. The summed E-state index contributed by atoms with van der Waals surface area (Å²) in [5.74, 6) is 0. The summed E-state index contributed by atoms with van der Waals surface area (Å²) in [6, 6.07) is 7.05. The van der Waals surface area contributed by atoms with Gasteiger partial charge in [-0.05, 0) is 25.5 Å². The van der Waals surface area contributed by atoms with Gasteiger partial charge in [0, 0.05) is 22.6 Å². The zero-order valence-electron chi connectivity index (χ0n) is 9.71. The molecule has 6 heteroatoms. The molecule has 1 aromatic heterocycles. The van der Waals surface area contributed by atoms with Gasteiger partial charge in [0.2, 0.25) is 0 Å². The van der Waals surface area contributed by atoms with Crippen LogP contribution in [0.4, 0.5) is 13.2 Å². The Labute approximate surface area is 107 Å². The Kier molecular flexibility index (Phi) is 4.37. The molecule has 2 nitrogen and oxygen atoms in total. The second-order valence-corrected chi connectivity index (χ2v) is 5.48. The van der Waals surface area contributed by atoms with Crippen LogP contribution in [0.2, 0.25) is 0 Å². The first kappa shape index (κ1) is 14.5. The Bertz CT molecular complexity index is 477. The van der Waals surface area contributed by atoms with Crippen molar-refractivity contribution in [1.29, 1.82) is 10.5 Å². The standard InChI is InChI=1S/C12H11F3N2S/c1-9-2-3-10(18-9)6-11(7-16,8-17)4-5-12(13,14)15/h2-3H,4-6H2,1H3. The van der Waals surface area contributed by atoms with E-state index in [1.807, 2.05) is 13.0 Å². The third-order valence-corrected chi connectivity index (χ3v) is 3.54. The fraction of sp³-hybridized carbons (Fsp3) is 0.500. The molecule has 1 rings (SSSR count). The number of nitrogens with zero attached hydrogens (tertiary/aromatic N) is 2. The fourth-order valence-electron chi connectivity index (χ4n) is 1.54. The minimum atomic E-state index is -4.34. The van der Waals surface area contributed by atoms with Gasteiger partial charge < -0.3 is 0 Å². The van der Waals surface area contributed by atoms with E-state index in [9.17, 15) is 13.2 Å². The molecule has 0 spiro atoms. The van der Waals surface area contributed by atoms with E-state index in [0.29, 0.717) is 0 Å². The largest absolute Gasteiger partial charge is 0.389 e. The number of hydrogen-bond acceptors (Lipinski definition) is 3. The van der Waals surface area contributed by atoms with Crippen molar-refractivity contribution in [3.8, 4) is 12.1 Å². The van der Waals surface area contributed by atoms with Crippen LogP contribution >= 0.6 is 11.3 Å². The molecule has 0 aliphatic rings. The van der Waals surface area contributed by atoms with Gasteiger partial charge in [0.25, 0.3) is 0 Å². The van der Waals surface area contributed by atoms with Crippen molar-refractivity contribution in [3.63, 3.8) is 0 Å². The highest BCUT2D eigenvalue weighted by Gasteiger charge is 2.37. The highest BCUT2D eigenvalue weighted by atomic mass is 32.1. The summed E-state index contributed by atoms with van der Waals surface area (Å²) in [4.78, 5) is 1.77. The Hall–Kier alpha value is -1.53. The minimum absolute atomic E-state index is 0.0502. The van der Waals surface area contributed by atoms with Crippen LogP contribution < -0.4 is 0 Å². The zero-order chi connectivity index (χ0) is 13.8. The van der Waals surface area contributed by atoms with E-state index in [1.165, 1.54) is 11.3 Å². The van der Waals surface area contributed by atoms with E-state index in [2.05, 4.69) is 0 Å². The summed E-state index contributed by atoms with van der Waals surface area (Å²) in [6.07, 6.45) is -5.89. The molecule has 0 radical (unpaired) electrons. The second kappa shape index (κ2) is 5.41. The molecule has 0 N–H and O–H groups in total. The predicted molar refractivity (Wildman–Crippen MR) is 61.7 cm³/mol. The van der Waals surface area contributed by atoms with Gasteiger partial charge in [-0.1, -0.05) is 0 Å². The Balaban J connectivity index is 2.82. The lowest BCUT2D eigenvalue weighted by molar-refractivity contribution is -0.138. The van der Waals surface area contributed by atoms with Crippen LogP contribution in [-0.4, -0.2) is 6.18 Å². The van der Waals surface area contributed by atoms with E-state index in [-0.39, 0.29) is 6.42 Å². The van der Waals surface area contributed by atoms with Crippen LogP contribution in [0.5, 0.6) is 0 Å². The molecule has 0 saturated carbocycles. The van der Waals surface area contributed by atoms with Crippen molar-refractivity contribution in [2.75, 3.05) is 0 Å². The van der Waals surface area contributed by atoms with E-state index in [1.54, 1.807) is 18.2 Å². The lowest BCUT2D eigenvalue weighted by Gasteiger charge is -2.18. The molecule has 0 unspecified atom stereocenters. The highest BCUT2D eigenvalue weighted by Crippen LogP contribution is 2.34. The molecule has 0 fully saturated rings. The zero-order valence-corrected chi connectivity index (χ0v) is 10.5. The highest BCUT2D eigenvalue weighted by molar-refractivity contribution is 7.11. The summed E-state index contributed by atoms with van der Waals surface area (Å²) >= 11 is 1.40. The van der Waals surface area contributed by atoms with Gasteiger partial charge in [0.1, 0.15) is 5.41 Å². The maximum atomic E-state index is 12.2. The Morgan fingerprint density at radius 1 is 1.17 bits per heavy atom. The average molecular weight is 272 g/mol. The summed E-state index contributed by atoms with van der Waals surface area (Å²) in [7, 11) is 0. The van der Waals surface area contributed by atoms with Gasteiger partial charge in [0.05, 0.1) is 12.1 Å².